The van der Waals surface area contributed by atoms with Crippen LogP contribution in [0.2, 0.25) is 10.0 Å². The van der Waals surface area contributed by atoms with Gasteiger partial charge in [0, 0.05) is 29.6 Å². The predicted molar refractivity (Wildman–Crippen MR) is 78.2 cm³/mol. The van der Waals surface area contributed by atoms with Crippen LogP contribution in [0.4, 0.5) is 0 Å². The Kier molecular flexibility index (Phi) is 3.61. The molecular weight excluding hydrogens is 375 g/mol. The Labute approximate surface area is 130 Å². The number of piperazine rings is 1. The van der Waals surface area contributed by atoms with E-state index in [1.165, 1.54) is 10.4 Å². The maximum atomic E-state index is 12.6. The Bertz CT molecular complexity index is 622. The van der Waals surface area contributed by atoms with E-state index in [0.29, 0.717) is 17.6 Å². The number of halogens is 3. The van der Waals surface area contributed by atoms with Crippen molar-refractivity contribution in [3.63, 3.8) is 0 Å². The van der Waals surface area contributed by atoms with Crippen LogP contribution < -0.4 is 5.32 Å². The van der Waals surface area contributed by atoms with Crippen molar-refractivity contribution in [2.45, 2.75) is 23.4 Å². The number of hydrogen-bond acceptors (Lipinski definition) is 3. The van der Waals surface area contributed by atoms with Crippen LogP contribution in [-0.4, -0.2) is 37.9 Å². The molecule has 3 fully saturated rings. The second-order valence-electron chi connectivity index (χ2n) is 4.79. The highest BCUT2D eigenvalue weighted by Gasteiger charge is 2.42. The fraction of sp³-hybridized carbons (Fsp3) is 0.455. The van der Waals surface area contributed by atoms with Crippen LogP contribution in [0.15, 0.2) is 21.5 Å². The molecule has 1 aromatic rings. The quantitative estimate of drug-likeness (QED) is 0.795. The largest absolute Gasteiger partial charge is 0.308 e. The van der Waals surface area contributed by atoms with Gasteiger partial charge in [-0.2, -0.15) is 4.31 Å². The first kappa shape index (κ1) is 14.1. The smallest absolute Gasteiger partial charge is 0.244 e. The summed E-state index contributed by atoms with van der Waals surface area (Å²) in [7, 11) is -3.58. The van der Waals surface area contributed by atoms with Gasteiger partial charge in [0.1, 0.15) is 4.90 Å². The van der Waals surface area contributed by atoms with E-state index in [1.807, 2.05) is 0 Å². The van der Waals surface area contributed by atoms with Crippen LogP contribution in [0.3, 0.4) is 0 Å². The van der Waals surface area contributed by atoms with Crippen molar-refractivity contribution in [1.29, 1.82) is 0 Å². The first-order valence-electron chi connectivity index (χ1n) is 5.79. The van der Waals surface area contributed by atoms with Crippen LogP contribution in [-0.2, 0) is 10.0 Å². The first-order chi connectivity index (χ1) is 8.89. The number of nitrogens with one attached hydrogen (secondary N) is 1. The molecule has 3 heterocycles. The molecular formula is C11H11BrCl2N2O2S. The summed E-state index contributed by atoms with van der Waals surface area (Å²) in [6.45, 7) is 0.978. The fourth-order valence-corrected chi connectivity index (χ4v) is 5.24. The molecule has 3 aliphatic rings. The lowest BCUT2D eigenvalue weighted by Gasteiger charge is -2.47. The van der Waals surface area contributed by atoms with Crippen LogP contribution in [0.25, 0.3) is 0 Å². The van der Waals surface area contributed by atoms with Crippen molar-refractivity contribution >= 4 is 49.2 Å². The molecule has 19 heavy (non-hydrogen) atoms. The first-order valence-corrected chi connectivity index (χ1v) is 8.78. The molecule has 8 heteroatoms. The van der Waals surface area contributed by atoms with E-state index < -0.39 is 10.0 Å². The van der Waals surface area contributed by atoms with Gasteiger partial charge < -0.3 is 5.32 Å². The lowest BCUT2D eigenvalue weighted by molar-refractivity contribution is 0.136. The topological polar surface area (TPSA) is 49.4 Å². The van der Waals surface area contributed by atoms with Gasteiger partial charge in [-0.25, -0.2) is 8.42 Å². The number of sulfonamides is 1. The number of rotatable bonds is 2. The van der Waals surface area contributed by atoms with Gasteiger partial charge in [-0.3, -0.25) is 0 Å². The average Bonchev–Trinajstić information content (AvgIpc) is 2.35. The lowest BCUT2D eigenvalue weighted by Crippen LogP contribution is -2.67. The zero-order chi connectivity index (χ0) is 13.8. The molecule has 0 saturated carbocycles. The molecule has 3 saturated heterocycles. The maximum Gasteiger partial charge on any atom is 0.244 e. The number of hydrogen-bond donors (Lipinski definition) is 1. The Morgan fingerprint density at radius 1 is 1.21 bits per heavy atom. The highest BCUT2D eigenvalue weighted by Crippen LogP contribution is 2.37. The minimum Gasteiger partial charge on any atom is -0.308 e. The van der Waals surface area contributed by atoms with Crippen molar-refractivity contribution in [3.05, 3.63) is 26.7 Å². The molecule has 3 aliphatic heterocycles. The summed E-state index contributed by atoms with van der Waals surface area (Å²) in [4.78, 5) is 0.0728. The number of fused-ring (bicyclic) bond motifs is 2. The van der Waals surface area contributed by atoms with Gasteiger partial charge in [-0.05, 0) is 34.5 Å². The third kappa shape index (κ3) is 2.32. The highest BCUT2D eigenvalue weighted by atomic mass is 79.9. The number of benzene rings is 1. The fourth-order valence-electron chi connectivity index (χ4n) is 2.52. The molecule has 2 unspecified atom stereocenters. The van der Waals surface area contributed by atoms with Crippen molar-refractivity contribution in [2.24, 2.45) is 0 Å². The van der Waals surface area contributed by atoms with Gasteiger partial charge in [0.15, 0.2) is 0 Å². The summed E-state index contributed by atoms with van der Waals surface area (Å²) in [5.74, 6) is 0. The molecule has 4 nitrogen and oxygen atoms in total. The molecule has 0 spiro atoms. The maximum absolute atomic E-state index is 12.6. The normalized spacial score (nSPS) is 27.1. The van der Waals surface area contributed by atoms with E-state index in [0.717, 1.165) is 6.42 Å². The standard InChI is InChI=1S/C11H11BrCl2N2O2S/c12-8-1-2-9(11(14)10(8)13)19(17,18)16-4-6-3-7(5-16)15-6/h1-2,6-7,15H,3-5H2. The zero-order valence-electron chi connectivity index (χ0n) is 9.74. The second kappa shape index (κ2) is 4.86. The summed E-state index contributed by atoms with van der Waals surface area (Å²) < 4.78 is 27.2. The molecule has 1 aromatic carbocycles. The van der Waals surface area contributed by atoms with E-state index >= 15 is 0 Å². The molecule has 1 N–H and O–H groups in total. The van der Waals surface area contributed by atoms with E-state index in [4.69, 9.17) is 23.2 Å². The second-order valence-corrected chi connectivity index (χ2v) is 8.31. The summed E-state index contributed by atoms with van der Waals surface area (Å²) in [6, 6.07) is 3.61. The van der Waals surface area contributed by atoms with Gasteiger partial charge in [-0.15, -0.1) is 0 Å². The molecule has 0 aromatic heterocycles. The van der Waals surface area contributed by atoms with Crippen molar-refractivity contribution in [2.75, 3.05) is 13.1 Å². The molecule has 104 valence electrons. The summed E-state index contributed by atoms with van der Waals surface area (Å²) >= 11 is 15.3. The van der Waals surface area contributed by atoms with Crippen molar-refractivity contribution in [3.8, 4) is 0 Å². The van der Waals surface area contributed by atoms with Crippen LogP contribution in [0, 0.1) is 0 Å². The molecule has 2 atom stereocenters. The Balaban J connectivity index is 1.98. The summed E-state index contributed by atoms with van der Waals surface area (Å²) in [5.41, 5.74) is 0. The third-order valence-corrected chi connectivity index (χ3v) is 7.26. The molecule has 4 rings (SSSR count). The molecule has 0 amide bonds. The van der Waals surface area contributed by atoms with Crippen LogP contribution in [0.5, 0.6) is 0 Å². The Morgan fingerprint density at radius 2 is 1.79 bits per heavy atom. The third-order valence-electron chi connectivity index (χ3n) is 3.51. The van der Waals surface area contributed by atoms with Crippen LogP contribution >= 0.6 is 39.1 Å². The van der Waals surface area contributed by atoms with Gasteiger partial charge in [0.2, 0.25) is 10.0 Å². The SMILES string of the molecule is O=S(=O)(c1ccc(Br)c(Cl)c1Cl)N1CC2CC(C1)N2. The lowest BCUT2D eigenvalue weighted by atomic mass is 9.93. The van der Waals surface area contributed by atoms with Crippen molar-refractivity contribution in [1.82, 2.24) is 9.62 Å². The number of piperidine rings is 1. The van der Waals surface area contributed by atoms with Crippen LogP contribution in [0.1, 0.15) is 6.42 Å². The number of nitrogens with zero attached hydrogens (tertiary/aromatic N) is 1. The molecule has 0 radical (unpaired) electrons. The van der Waals surface area contributed by atoms with E-state index in [9.17, 15) is 8.42 Å². The molecule has 2 bridgehead atoms. The van der Waals surface area contributed by atoms with E-state index in [2.05, 4.69) is 21.2 Å². The van der Waals surface area contributed by atoms with E-state index in [-0.39, 0.29) is 27.0 Å². The zero-order valence-corrected chi connectivity index (χ0v) is 13.7. The summed E-state index contributed by atoms with van der Waals surface area (Å²) in [6.07, 6.45) is 1.04. The van der Waals surface area contributed by atoms with Gasteiger partial charge in [0.25, 0.3) is 0 Å². The monoisotopic (exact) mass is 384 g/mol. The average molecular weight is 386 g/mol. The minimum atomic E-state index is -3.58. The Morgan fingerprint density at radius 3 is 2.37 bits per heavy atom. The van der Waals surface area contributed by atoms with Gasteiger partial charge in [-0.1, -0.05) is 23.2 Å². The minimum absolute atomic E-state index is 0.0725. The molecule has 0 aliphatic carbocycles. The summed E-state index contributed by atoms with van der Waals surface area (Å²) in [5, 5.41) is 3.59. The van der Waals surface area contributed by atoms with Gasteiger partial charge in [0.05, 0.1) is 10.0 Å². The van der Waals surface area contributed by atoms with Gasteiger partial charge >= 0.3 is 0 Å². The predicted octanol–water partition coefficient (Wildman–Crippen LogP) is 2.49. The highest BCUT2D eigenvalue weighted by molar-refractivity contribution is 9.10. The Hall–Kier alpha value is 0.150. The van der Waals surface area contributed by atoms with Crippen molar-refractivity contribution < 1.29 is 8.42 Å². The van der Waals surface area contributed by atoms with E-state index in [1.54, 1.807) is 6.07 Å².